The fourth-order valence-electron chi connectivity index (χ4n) is 1.54. The molecule has 0 unspecified atom stereocenters. The van der Waals surface area contributed by atoms with Crippen molar-refractivity contribution in [1.82, 2.24) is 15.3 Å². The highest BCUT2D eigenvalue weighted by Gasteiger charge is 2.13. The van der Waals surface area contributed by atoms with E-state index in [-0.39, 0.29) is 25.3 Å². The average molecular weight is 274 g/mol. The first-order valence-electron chi connectivity index (χ1n) is 5.64. The molecule has 8 heteroatoms. The Morgan fingerprint density at radius 2 is 2.26 bits per heavy atom. The predicted molar refractivity (Wildman–Crippen MR) is 64.3 cm³/mol. The van der Waals surface area contributed by atoms with Gasteiger partial charge in [-0.15, -0.1) is 0 Å². The van der Waals surface area contributed by atoms with Gasteiger partial charge in [0.1, 0.15) is 0 Å². The van der Waals surface area contributed by atoms with Gasteiger partial charge in [-0.3, -0.25) is 20.1 Å². The van der Waals surface area contributed by atoms with Crippen molar-refractivity contribution in [3.8, 4) is 0 Å². The van der Waals surface area contributed by atoms with Crippen molar-refractivity contribution in [1.29, 1.82) is 0 Å². The summed E-state index contributed by atoms with van der Waals surface area (Å²) in [5.41, 5.74) is 2.78. The third-order valence-corrected chi connectivity index (χ3v) is 2.42. The van der Waals surface area contributed by atoms with Gasteiger partial charge in [-0.05, 0) is 12.1 Å². The molecule has 0 radical (unpaired) electrons. The molecule has 0 bridgehead atoms. The van der Waals surface area contributed by atoms with Crippen LogP contribution >= 0.6 is 0 Å². The van der Waals surface area contributed by atoms with Crippen LogP contribution in [0.1, 0.15) is 16.1 Å². The number of alkyl halides is 2. The van der Waals surface area contributed by atoms with Crippen LogP contribution in [0.15, 0.2) is 18.3 Å². The van der Waals surface area contributed by atoms with Crippen LogP contribution < -0.4 is 11.3 Å². The third kappa shape index (κ3) is 5.25. The third-order valence-electron chi connectivity index (χ3n) is 2.42. The number of pyridine rings is 1. The maximum atomic E-state index is 12.3. The first-order chi connectivity index (χ1) is 9.06. The molecule has 1 rings (SSSR count). The van der Waals surface area contributed by atoms with Crippen molar-refractivity contribution in [2.45, 2.75) is 13.0 Å². The summed E-state index contributed by atoms with van der Waals surface area (Å²) in [6.45, 7) is -0.333. The molecule has 0 spiro atoms. The molecule has 0 fully saturated rings. The van der Waals surface area contributed by atoms with E-state index >= 15 is 0 Å². The number of hydrogen-bond donors (Lipinski definition) is 3. The van der Waals surface area contributed by atoms with Gasteiger partial charge in [-0.25, -0.2) is 14.6 Å². The van der Waals surface area contributed by atoms with E-state index in [1.165, 1.54) is 17.2 Å². The minimum absolute atomic E-state index is 0.136. The molecular formula is C11H16F2N4O2. The quantitative estimate of drug-likeness (QED) is 0.362. The van der Waals surface area contributed by atoms with E-state index < -0.39 is 18.9 Å². The molecule has 0 atom stereocenters. The van der Waals surface area contributed by atoms with Crippen LogP contribution in [0.4, 0.5) is 8.78 Å². The molecule has 0 aliphatic rings. The summed E-state index contributed by atoms with van der Waals surface area (Å²) in [6.07, 6.45) is -1.16. The zero-order valence-corrected chi connectivity index (χ0v) is 10.2. The highest BCUT2D eigenvalue weighted by molar-refractivity contribution is 5.93. The monoisotopic (exact) mass is 274 g/mol. The number of nitrogens with zero attached hydrogens (tertiary/aromatic N) is 2. The predicted octanol–water partition coefficient (Wildman–Crippen LogP) is -0.256. The van der Waals surface area contributed by atoms with Gasteiger partial charge >= 0.3 is 0 Å². The second-order valence-corrected chi connectivity index (χ2v) is 3.86. The Balaban J connectivity index is 2.66. The molecule has 0 saturated heterocycles. The summed E-state index contributed by atoms with van der Waals surface area (Å²) in [6, 6.07) is 3.06. The second-order valence-electron chi connectivity index (χ2n) is 3.86. The summed E-state index contributed by atoms with van der Waals surface area (Å²) < 4.78 is 24.6. The van der Waals surface area contributed by atoms with Gasteiger partial charge in [0, 0.05) is 19.3 Å². The Labute approximate surface area is 109 Å². The van der Waals surface area contributed by atoms with Gasteiger partial charge in [0.05, 0.1) is 24.4 Å². The largest absolute Gasteiger partial charge is 0.395 e. The van der Waals surface area contributed by atoms with E-state index in [9.17, 15) is 13.6 Å². The molecule has 4 N–H and O–H groups in total. The maximum absolute atomic E-state index is 12.3. The Morgan fingerprint density at radius 1 is 1.53 bits per heavy atom. The lowest BCUT2D eigenvalue weighted by Crippen LogP contribution is -2.32. The SMILES string of the molecule is NNC(=O)c1ccc(CN(CCO)CC(F)F)nc1. The van der Waals surface area contributed by atoms with Crippen molar-refractivity contribution in [3.63, 3.8) is 0 Å². The summed E-state index contributed by atoms with van der Waals surface area (Å²) >= 11 is 0. The fourth-order valence-corrected chi connectivity index (χ4v) is 1.54. The Morgan fingerprint density at radius 3 is 2.74 bits per heavy atom. The van der Waals surface area contributed by atoms with Crippen molar-refractivity contribution < 1.29 is 18.7 Å². The van der Waals surface area contributed by atoms with Crippen LogP contribution in [-0.4, -0.2) is 47.0 Å². The van der Waals surface area contributed by atoms with Gasteiger partial charge in [0.25, 0.3) is 12.3 Å². The number of aliphatic hydroxyl groups excluding tert-OH is 1. The van der Waals surface area contributed by atoms with Crippen LogP contribution in [0, 0.1) is 0 Å². The molecule has 1 amide bonds. The lowest BCUT2D eigenvalue weighted by Gasteiger charge is -2.20. The van der Waals surface area contributed by atoms with E-state index in [4.69, 9.17) is 10.9 Å². The summed E-state index contributed by atoms with van der Waals surface area (Å²) in [5, 5.41) is 8.80. The number of halogens is 2. The lowest BCUT2D eigenvalue weighted by atomic mass is 10.2. The van der Waals surface area contributed by atoms with Crippen LogP contribution in [0.2, 0.25) is 0 Å². The number of nitrogen functional groups attached to an aromatic ring is 1. The molecule has 0 aromatic carbocycles. The number of carbonyl (C=O) groups excluding carboxylic acids is 1. The van der Waals surface area contributed by atoms with E-state index in [1.54, 1.807) is 6.07 Å². The van der Waals surface area contributed by atoms with E-state index in [0.29, 0.717) is 5.69 Å². The summed E-state index contributed by atoms with van der Waals surface area (Å²) in [7, 11) is 0. The zero-order chi connectivity index (χ0) is 14.3. The van der Waals surface area contributed by atoms with E-state index in [0.717, 1.165) is 0 Å². The van der Waals surface area contributed by atoms with Crippen LogP contribution in [0.3, 0.4) is 0 Å². The molecule has 0 aliphatic carbocycles. The molecule has 1 aromatic heterocycles. The van der Waals surface area contributed by atoms with Crippen LogP contribution in [0.25, 0.3) is 0 Å². The number of hydrogen-bond acceptors (Lipinski definition) is 5. The van der Waals surface area contributed by atoms with Crippen LogP contribution in [-0.2, 0) is 6.54 Å². The van der Waals surface area contributed by atoms with Crippen molar-refractivity contribution >= 4 is 5.91 Å². The molecule has 6 nitrogen and oxygen atoms in total. The maximum Gasteiger partial charge on any atom is 0.266 e. The number of carbonyl (C=O) groups is 1. The summed E-state index contributed by atoms with van der Waals surface area (Å²) in [4.78, 5) is 16.6. The number of aromatic nitrogens is 1. The van der Waals surface area contributed by atoms with E-state index in [1.807, 2.05) is 5.43 Å². The molecule has 0 aliphatic heterocycles. The lowest BCUT2D eigenvalue weighted by molar-refractivity contribution is 0.0740. The topological polar surface area (TPSA) is 91.5 Å². The fraction of sp³-hybridized carbons (Fsp3) is 0.455. The number of nitrogens with one attached hydrogen (secondary N) is 1. The Bertz CT molecular complexity index is 400. The molecule has 106 valence electrons. The number of rotatable bonds is 7. The first-order valence-corrected chi connectivity index (χ1v) is 5.64. The van der Waals surface area contributed by atoms with Gasteiger partial charge in [0.2, 0.25) is 0 Å². The highest BCUT2D eigenvalue weighted by Crippen LogP contribution is 2.06. The minimum Gasteiger partial charge on any atom is -0.395 e. The standard InChI is InChI=1S/C11H16F2N4O2/c12-10(13)7-17(3-4-18)6-9-2-1-8(5-15-9)11(19)16-14/h1-2,5,10,18H,3-4,6-7,14H2,(H,16,19). The summed E-state index contributed by atoms with van der Waals surface area (Å²) in [5.74, 6) is 4.50. The van der Waals surface area contributed by atoms with Gasteiger partial charge in [-0.1, -0.05) is 0 Å². The zero-order valence-electron chi connectivity index (χ0n) is 10.2. The Hall–Kier alpha value is -1.64. The van der Waals surface area contributed by atoms with E-state index in [2.05, 4.69) is 4.98 Å². The normalized spacial score (nSPS) is 11.1. The number of aliphatic hydroxyl groups is 1. The van der Waals surface area contributed by atoms with Crippen molar-refractivity contribution in [2.75, 3.05) is 19.7 Å². The second kappa shape index (κ2) is 7.72. The molecular weight excluding hydrogens is 258 g/mol. The van der Waals surface area contributed by atoms with Crippen LogP contribution in [0.5, 0.6) is 0 Å². The average Bonchev–Trinajstić information content (AvgIpc) is 2.38. The van der Waals surface area contributed by atoms with Crippen molar-refractivity contribution in [2.24, 2.45) is 5.84 Å². The molecule has 19 heavy (non-hydrogen) atoms. The number of amides is 1. The molecule has 0 saturated carbocycles. The minimum atomic E-state index is -2.48. The van der Waals surface area contributed by atoms with Gasteiger partial charge in [0.15, 0.2) is 0 Å². The number of nitrogens with two attached hydrogens (primary N) is 1. The molecule has 1 heterocycles. The Kier molecular flexibility index (Phi) is 6.26. The van der Waals surface area contributed by atoms with Crippen molar-refractivity contribution in [3.05, 3.63) is 29.6 Å². The van der Waals surface area contributed by atoms with Gasteiger partial charge in [-0.2, -0.15) is 0 Å². The van der Waals surface area contributed by atoms with Gasteiger partial charge < -0.3 is 5.11 Å². The number of hydrazine groups is 1. The highest BCUT2D eigenvalue weighted by atomic mass is 19.3. The smallest absolute Gasteiger partial charge is 0.266 e. The molecule has 1 aromatic rings. The first kappa shape index (κ1) is 15.4.